The van der Waals surface area contributed by atoms with E-state index in [1.165, 1.54) is 0 Å². The van der Waals surface area contributed by atoms with Gasteiger partial charge in [0.25, 0.3) is 0 Å². The molecule has 0 amide bonds. The molecular weight excluding hydrogens is 340 g/mol. The van der Waals surface area contributed by atoms with E-state index in [0.717, 1.165) is 0 Å². The molecule has 3 aliphatic rings. The molecule has 0 aromatic heterocycles. The third kappa shape index (κ3) is 1.66. The van der Waals surface area contributed by atoms with Gasteiger partial charge in [-0.05, 0) is 12.8 Å². The molecule has 6 nitrogen and oxygen atoms in total. The summed E-state index contributed by atoms with van der Waals surface area (Å²) in [5.74, 6) is -1.41. The molecule has 3 aliphatic carbocycles. The summed E-state index contributed by atoms with van der Waals surface area (Å²) in [6.45, 7) is 0. The number of carbonyl (C=O) groups excluding carboxylic acids is 2. The quantitative estimate of drug-likeness (QED) is 0.521. The molecule has 0 N–H and O–H groups in total. The van der Waals surface area contributed by atoms with E-state index in [2.05, 4.69) is 0 Å². The number of fused-ring (bicyclic) bond motifs is 2. The van der Waals surface area contributed by atoms with E-state index in [9.17, 15) is 30.6 Å². The van der Waals surface area contributed by atoms with E-state index >= 15 is 0 Å². The molecule has 6 heteroatoms. The summed E-state index contributed by atoms with van der Waals surface area (Å²) in [6, 6.07) is 14.2. The Morgan fingerprint density at radius 3 is 1.93 bits per heavy atom. The van der Waals surface area contributed by atoms with Crippen molar-refractivity contribution < 1.29 is 9.59 Å². The number of hydrogen-bond donors (Lipinski definition) is 0. The van der Waals surface area contributed by atoms with E-state index < -0.39 is 22.2 Å². The van der Waals surface area contributed by atoms with Crippen molar-refractivity contribution in [2.75, 3.05) is 0 Å². The van der Waals surface area contributed by atoms with Gasteiger partial charge in [-0.15, -0.1) is 0 Å². The monoisotopic (exact) mass is 352 g/mol. The fourth-order valence-electron chi connectivity index (χ4n) is 4.92. The zero-order chi connectivity index (χ0) is 19.4. The first-order chi connectivity index (χ1) is 12.9. The molecule has 1 unspecified atom stereocenters. The highest BCUT2D eigenvalue weighted by molar-refractivity contribution is 6.30. The molecule has 1 fully saturated rings. The fourth-order valence-corrected chi connectivity index (χ4v) is 4.92. The highest BCUT2D eigenvalue weighted by atomic mass is 16.2. The Hall–Kier alpha value is -3.74. The van der Waals surface area contributed by atoms with Crippen LogP contribution in [0.4, 0.5) is 0 Å². The number of nitrogens with zero attached hydrogens (tertiary/aromatic N) is 4. The van der Waals surface area contributed by atoms with E-state index in [0.29, 0.717) is 16.7 Å². The number of carbonyl (C=O) groups is 2. The Morgan fingerprint density at radius 1 is 0.889 bits per heavy atom. The van der Waals surface area contributed by atoms with E-state index in [4.69, 9.17) is 0 Å². The molecule has 1 aromatic carbocycles. The summed E-state index contributed by atoms with van der Waals surface area (Å²) in [7, 11) is 0. The molecule has 0 heterocycles. The lowest BCUT2D eigenvalue weighted by atomic mass is 9.54. The number of allylic oxidation sites excluding steroid dienone is 2. The minimum atomic E-state index is -1.92. The second-order valence-electron chi connectivity index (χ2n) is 7.36. The van der Waals surface area contributed by atoms with Gasteiger partial charge in [0.05, 0.1) is 24.3 Å². The van der Waals surface area contributed by atoms with Gasteiger partial charge < -0.3 is 0 Å². The molecule has 0 bridgehead atoms. The molecule has 0 radical (unpaired) electrons. The van der Waals surface area contributed by atoms with Crippen LogP contribution in [0.25, 0.3) is 0 Å². The number of rotatable bonds is 0. The van der Waals surface area contributed by atoms with Crippen LogP contribution in [0.5, 0.6) is 0 Å². The van der Waals surface area contributed by atoms with Crippen molar-refractivity contribution >= 4 is 11.6 Å². The molecule has 0 saturated heterocycles. The molecular formula is C21H12N4O2. The average Bonchev–Trinajstić information content (AvgIpc) is 3.21. The van der Waals surface area contributed by atoms with Crippen molar-refractivity contribution in [3.8, 4) is 24.3 Å². The minimum absolute atomic E-state index is 0.0303. The molecule has 128 valence electrons. The van der Waals surface area contributed by atoms with Gasteiger partial charge in [-0.3, -0.25) is 9.59 Å². The van der Waals surface area contributed by atoms with Gasteiger partial charge in [-0.1, -0.05) is 35.9 Å². The third-order valence-corrected chi connectivity index (χ3v) is 6.39. The van der Waals surface area contributed by atoms with Crippen LogP contribution in [-0.4, -0.2) is 11.6 Å². The summed E-state index contributed by atoms with van der Waals surface area (Å²) in [5.41, 5.74) is -3.73. The summed E-state index contributed by atoms with van der Waals surface area (Å²) in [6.07, 6.45) is 1.69. The van der Waals surface area contributed by atoms with Crippen LogP contribution in [0.2, 0.25) is 0 Å². The van der Waals surface area contributed by atoms with Crippen LogP contribution in [-0.2, 0) is 0 Å². The molecule has 1 atom stereocenters. The normalized spacial score (nSPS) is 25.3. The molecule has 1 spiro atoms. The zero-order valence-corrected chi connectivity index (χ0v) is 14.2. The van der Waals surface area contributed by atoms with Crippen LogP contribution < -0.4 is 0 Å². The topological polar surface area (TPSA) is 129 Å². The van der Waals surface area contributed by atoms with Gasteiger partial charge in [0.1, 0.15) is 5.41 Å². The summed E-state index contributed by atoms with van der Waals surface area (Å²) >= 11 is 0. The van der Waals surface area contributed by atoms with E-state index in [-0.39, 0.29) is 30.8 Å². The summed E-state index contributed by atoms with van der Waals surface area (Å²) < 4.78 is 0. The number of ketones is 2. The smallest absolute Gasteiger partial charge is 0.182 e. The number of Topliss-reactive ketones (excluding diaryl/α,β-unsaturated/α-hetero) is 2. The highest BCUT2D eigenvalue weighted by Crippen LogP contribution is 2.63. The Morgan fingerprint density at radius 2 is 1.44 bits per heavy atom. The molecule has 27 heavy (non-hydrogen) atoms. The lowest BCUT2D eigenvalue weighted by molar-refractivity contribution is 0.0683. The highest BCUT2D eigenvalue weighted by Gasteiger charge is 2.68. The summed E-state index contributed by atoms with van der Waals surface area (Å²) in [5, 5.41) is 39.0. The maximum absolute atomic E-state index is 13.1. The Labute approximate surface area is 155 Å². The first-order valence-electron chi connectivity index (χ1n) is 8.48. The van der Waals surface area contributed by atoms with Gasteiger partial charge in [-0.25, -0.2) is 0 Å². The lowest BCUT2D eigenvalue weighted by Crippen LogP contribution is -2.46. The first-order valence-corrected chi connectivity index (χ1v) is 8.48. The minimum Gasteiger partial charge on any atom is -0.293 e. The zero-order valence-electron chi connectivity index (χ0n) is 14.2. The van der Waals surface area contributed by atoms with Crippen LogP contribution in [0.3, 0.4) is 0 Å². The number of nitriles is 4. The van der Waals surface area contributed by atoms with Crippen molar-refractivity contribution in [1.82, 2.24) is 0 Å². The van der Waals surface area contributed by atoms with E-state index in [1.807, 2.05) is 24.3 Å². The molecule has 1 aromatic rings. The van der Waals surface area contributed by atoms with Crippen molar-refractivity contribution in [2.45, 2.75) is 19.3 Å². The van der Waals surface area contributed by atoms with Gasteiger partial charge in [-0.2, -0.15) is 21.0 Å². The largest absolute Gasteiger partial charge is 0.293 e. The van der Waals surface area contributed by atoms with Crippen LogP contribution >= 0.6 is 0 Å². The SMILES string of the molecule is N#CC1(C#N)CC=C2CC3(CC2C1(C#N)C#N)C(=O)c1ccccc1C3=O. The lowest BCUT2D eigenvalue weighted by Gasteiger charge is -2.39. The van der Waals surface area contributed by atoms with E-state index in [1.54, 1.807) is 30.3 Å². The van der Waals surface area contributed by atoms with Crippen molar-refractivity contribution in [3.63, 3.8) is 0 Å². The third-order valence-electron chi connectivity index (χ3n) is 6.39. The average molecular weight is 352 g/mol. The van der Waals surface area contributed by atoms with Crippen molar-refractivity contribution in [2.24, 2.45) is 22.2 Å². The summed E-state index contributed by atoms with van der Waals surface area (Å²) in [4.78, 5) is 26.2. The van der Waals surface area contributed by atoms with Gasteiger partial charge in [0.2, 0.25) is 0 Å². The second kappa shape index (κ2) is 5.14. The standard InChI is InChI=1S/C21H12N4O2/c22-9-19(10-23)6-5-13-7-20(8-16(13)21(19,11-24)12-25)17(26)14-3-1-2-4-15(14)18(20)27/h1-5,16H,6-8H2. The van der Waals surface area contributed by atoms with Crippen molar-refractivity contribution in [1.29, 1.82) is 21.0 Å². The van der Waals surface area contributed by atoms with Gasteiger partial charge in [0, 0.05) is 23.5 Å². The molecule has 1 saturated carbocycles. The van der Waals surface area contributed by atoms with Gasteiger partial charge in [0.15, 0.2) is 22.4 Å². The first kappa shape index (κ1) is 16.7. The maximum atomic E-state index is 13.1. The number of hydrogen-bond acceptors (Lipinski definition) is 6. The molecule has 0 aliphatic heterocycles. The van der Waals surface area contributed by atoms with Gasteiger partial charge >= 0.3 is 0 Å². The Balaban J connectivity index is 1.89. The molecule has 4 rings (SSSR count). The second-order valence-corrected chi connectivity index (χ2v) is 7.36. The predicted molar refractivity (Wildman–Crippen MR) is 90.3 cm³/mol. The fraction of sp³-hybridized carbons (Fsp3) is 0.333. The Bertz CT molecular complexity index is 1050. The Kier molecular flexibility index (Phi) is 3.18. The number of benzene rings is 1. The van der Waals surface area contributed by atoms with Crippen LogP contribution in [0.15, 0.2) is 35.9 Å². The van der Waals surface area contributed by atoms with Crippen molar-refractivity contribution in [3.05, 3.63) is 47.0 Å². The predicted octanol–water partition coefficient (Wildman–Crippen LogP) is 2.86. The van der Waals surface area contributed by atoms with Crippen LogP contribution in [0.1, 0.15) is 40.0 Å². The van der Waals surface area contributed by atoms with Crippen LogP contribution in [0, 0.1) is 67.5 Å². The maximum Gasteiger partial charge on any atom is 0.182 e.